The highest BCUT2D eigenvalue weighted by atomic mass is 16.5. The molecule has 0 bridgehead atoms. The van der Waals surface area contributed by atoms with Gasteiger partial charge < -0.3 is 20.4 Å². The molecule has 1 aliphatic heterocycles. The topological polar surface area (TPSA) is 74.9 Å². The Morgan fingerprint density at radius 3 is 2.88 bits per heavy atom. The number of H-pyrrole nitrogens is 1. The predicted octanol–water partition coefficient (Wildman–Crippen LogP) is 3.51. The summed E-state index contributed by atoms with van der Waals surface area (Å²) in [5, 5.41) is 8.08. The Morgan fingerprint density at radius 1 is 1.19 bits per heavy atom. The molecule has 6 heteroatoms. The van der Waals surface area contributed by atoms with Gasteiger partial charge in [0.05, 0.1) is 6.10 Å². The average Bonchev–Trinajstić information content (AvgIpc) is 3.30. The van der Waals surface area contributed by atoms with Crippen LogP contribution in [0.2, 0.25) is 0 Å². The lowest BCUT2D eigenvalue weighted by molar-refractivity contribution is 0.120. The largest absolute Gasteiger partial charge is 0.376 e. The Bertz CT molecular complexity index is 870. The number of nitrogens with one attached hydrogen (secondary N) is 3. The van der Waals surface area contributed by atoms with Crippen LogP contribution in [0, 0.1) is 6.92 Å². The van der Waals surface area contributed by atoms with E-state index in [1.807, 2.05) is 13.0 Å². The van der Waals surface area contributed by atoms with Gasteiger partial charge in [-0.2, -0.15) is 0 Å². The van der Waals surface area contributed by atoms with Crippen molar-refractivity contribution in [3.05, 3.63) is 47.9 Å². The van der Waals surface area contributed by atoms with Crippen LogP contribution in [-0.2, 0) is 11.2 Å². The summed E-state index contributed by atoms with van der Waals surface area (Å²) in [6.45, 7) is 4.41. The van der Waals surface area contributed by atoms with Crippen LogP contribution >= 0.6 is 0 Å². The number of hydrogen-bond donors (Lipinski definition) is 3. The van der Waals surface area contributed by atoms with Gasteiger partial charge in [0.15, 0.2) is 0 Å². The number of aromatic nitrogens is 3. The second kappa shape index (κ2) is 7.74. The molecule has 0 amide bonds. The standard InChI is InChI=1S/C20H25N5O/c1-14-24-19(11-20(25-14)23-13-16-5-4-10-26-16)21-9-8-15-12-22-18-7-3-2-6-17(15)18/h2-3,6-7,11-12,16,22H,4-5,8-10,13H2,1H3,(H2,21,23,24,25). The number of benzene rings is 1. The molecule has 26 heavy (non-hydrogen) atoms. The smallest absolute Gasteiger partial charge is 0.131 e. The van der Waals surface area contributed by atoms with E-state index in [0.717, 1.165) is 56.4 Å². The normalized spacial score (nSPS) is 16.9. The molecular formula is C20H25N5O. The van der Waals surface area contributed by atoms with Crippen molar-refractivity contribution >= 4 is 22.5 Å². The molecule has 0 aliphatic carbocycles. The first-order valence-electron chi connectivity index (χ1n) is 9.28. The first kappa shape index (κ1) is 16.8. The summed E-state index contributed by atoms with van der Waals surface area (Å²) in [6, 6.07) is 10.4. The van der Waals surface area contributed by atoms with Crippen LogP contribution in [0.3, 0.4) is 0 Å². The number of aryl methyl sites for hydroxylation is 1. The van der Waals surface area contributed by atoms with Gasteiger partial charge >= 0.3 is 0 Å². The van der Waals surface area contributed by atoms with Crippen LogP contribution in [0.5, 0.6) is 0 Å². The maximum atomic E-state index is 5.65. The quantitative estimate of drug-likeness (QED) is 0.607. The summed E-state index contributed by atoms with van der Waals surface area (Å²) >= 11 is 0. The van der Waals surface area contributed by atoms with E-state index in [0.29, 0.717) is 6.10 Å². The zero-order chi connectivity index (χ0) is 17.8. The fraction of sp³-hybridized carbons (Fsp3) is 0.400. The van der Waals surface area contributed by atoms with Gasteiger partial charge in [-0.05, 0) is 37.8 Å². The van der Waals surface area contributed by atoms with Crippen molar-refractivity contribution in [2.45, 2.75) is 32.3 Å². The van der Waals surface area contributed by atoms with E-state index in [2.05, 4.69) is 56.0 Å². The van der Waals surface area contributed by atoms with Gasteiger partial charge in [0.25, 0.3) is 0 Å². The number of nitrogens with zero attached hydrogens (tertiary/aromatic N) is 2. The van der Waals surface area contributed by atoms with Crippen LogP contribution in [0.25, 0.3) is 10.9 Å². The van der Waals surface area contributed by atoms with E-state index in [1.165, 1.54) is 16.5 Å². The lowest BCUT2D eigenvalue weighted by Crippen LogP contribution is -2.19. The highest BCUT2D eigenvalue weighted by Crippen LogP contribution is 2.19. The first-order chi connectivity index (χ1) is 12.8. The van der Waals surface area contributed by atoms with E-state index in [-0.39, 0.29) is 0 Å². The molecule has 6 nitrogen and oxygen atoms in total. The van der Waals surface area contributed by atoms with Crippen LogP contribution < -0.4 is 10.6 Å². The monoisotopic (exact) mass is 351 g/mol. The zero-order valence-electron chi connectivity index (χ0n) is 15.1. The molecule has 0 radical (unpaired) electrons. The van der Waals surface area contributed by atoms with Gasteiger partial charge in [-0.25, -0.2) is 9.97 Å². The Labute approximate surface area is 153 Å². The fourth-order valence-corrected chi connectivity index (χ4v) is 3.44. The number of rotatable bonds is 7. The Morgan fingerprint density at radius 2 is 2.04 bits per heavy atom. The van der Waals surface area contributed by atoms with Gasteiger partial charge in [-0.15, -0.1) is 0 Å². The van der Waals surface area contributed by atoms with E-state index in [1.54, 1.807) is 0 Å². The van der Waals surface area contributed by atoms with Crippen LogP contribution in [0.4, 0.5) is 11.6 Å². The molecule has 0 spiro atoms. The van der Waals surface area contributed by atoms with Crippen molar-refractivity contribution in [2.24, 2.45) is 0 Å². The van der Waals surface area contributed by atoms with Crippen LogP contribution in [-0.4, -0.2) is 40.8 Å². The number of hydrogen-bond acceptors (Lipinski definition) is 5. The minimum atomic E-state index is 0.295. The minimum absolute atomic E-state index is 0.295. The van der Waals surface area contributed by atoms with Gasteiger partial charge in [0, 0.05) is 42.9 Å². The third-order valence-corrected chi connectivity index (χ3v) is 4.75. The molecule has 1 saturated heterocycles. The Balaban J connectivity index is 1.35. The van der Waals surface area contributed by atoms with Gasteiger partial charge in [-0.1, -0.05) is 18.2 Å². The van der Waals surface area contributed by atoms with Gasteiger partial charge in [0.1, 0.15) is 17.5 Å². The van der Waals surface area contributed by atoms with Crippen LogP contribution in [0.15, 0.2) is 36.5 Å². The molecule has 4 rings (SSSR count). The SMILES string of the molecule is Cc1nc(NCCc2c[nH]c3ccccc23)cc(NCC2CCCO2)n1. The van der Waals surface area contributed by atoms with E-state index in [9.17, 15) is 0 Å². The molecule has 0 saturated carbocycles. The summed E-state index contributed by atoms with van der Waals surface area (Å²) in [7, 11) is 0. The van der Waals surface area contributed by atoms with Crippen molar-refractivity contribution in [1.82, 2.24) is 15.0 Å². The van der Waals surface area contributed by atoms with E-state index < -0.39 is 0 Å². The van der Waals surface area contributed by atoms with Crippen molar-refractivity contribution in [2.75, 3.05) is 30.3 Å². The minimum Gasteiger partial charge on any atom is -0.376 e. The molecule has 3 heterocycles. The van der Waals surface area contributed by atoms with Gasteiger partial charge in [0.2, 0.25) is 0 Å². The Hall–Kier alpha value is -2.60. The number of fused-ring (bicyclic) bond motifs is 1. The van der Waals surface area contributed by atoms with Crippen molar-refractivity contribution in [3.63, 3.8) is 0 Å². The number of anilines is 2. The number of aromatic amines is 1. The third kappa shape index (κ3) is 3.96. The number of ether oxygens (including phenoxy) is 1. The molecule has 2 aromatic heterocycles. The van der Waals surface area contributed by atoms with Crippen molar-refractivity contribution in [1.29, 1.82) is 0 Å². The summed E-state index contributed by atoms with van der Waals surface area (Å²) in [5.41, 5.74) is 2.50. The lowest BCUT2D eigenvalue weighted by Gasteiger charge is -2.13. The van der Waals surface area contributed by atoms with Crippen LogP contribution in [0.1, 0.15) is 24.2 Å². The molecule has 3 N–H and O–H groups in total. The fourth-order valence-electron chi connectivity index (χ4n) is 3.44. The zero-order valence-corrected chi connectivity index (χ0v) is 15.1. The molecule has 3 aromatic rings. The van der Waals surface area contributed by atoms with Crippen molar-refractivity contribution in [3.8, 4) is 0 Å². The van der Waals surface area contributed by atoms with E-state index in [4.69, 9.17) is 4.74 Å². The molecule has 136 valence electrons. The third-order valence-electron chi connectivity index (χ3n) is 4.75. The predicted molar refractivity (Wildman–Crippen MR) is 105 cm³/mol. The Kier molecular flexibility index (Phi) is 5.02. The van der Waals surface area contributed by atoms with Crippen molar-refractivity contribution < 1.29 is 4.74 Å². The lowest BCUT2D eigenvalue weighted by atomic mass is 10.1. The summed E-state index contributed by atoms with van der Waals surface area (Å²) in [5.74, 6) is 2.46. The van der Waals surface area contributed by atoms with Gasteiger partial charge in [-0.3, -0.25) is 0 Å². The second-order valence-corrected chi connectivity index (χ2v) is 6.74. The number of para-hydroxylation sites is 1. The molecule has 1 unspecified atom stereocenters. The summed E-state index contributed by atoms with van der Waals surface area (Å²) in [6.07, 6.45) is 5.59. The molecular weight excluding hydrogens is 326 g/mol. The van der Waals surface area contributed by atoms with E-state index >= 15 is 0 Å². The molecule has 1 atom stereocenters. The second-order valence-electron chi connectivity index (χ2n) is 6.74. The molecule has 1 fully saturated rings. The highest BCUT2D eigenvalue weighted by Gasteiger charge is 2.15. The highest BCUT2D eigenvalue weighted by molar-refractivity contribution is 5.83. The summed E-state index contributed by atoms with van der Waals surface area (Å²) < 4.78 is 5.65. The maximum absolute atomic E-state index is 5.65. The molecule has 1 aliphatic rings. The summed E-state index contributed by atoms with van der Waals surface area (Å²) in [4.78, 5) is 12.3. The maximum Gasteiger partial charge on any atom is 0.131 e. The average molecular weight is 351 g/mol. The first-order valence-corrected chi connectivity index (χ1v) is 9.28. The molecule has 1 aromatic carbocycles.